The maximum Gasteiger partial charge on any atom is 0.220 e. The minimum atomic E-state index is 0. The molecule has 0 saturated carbocycles. The number of hydrogen-bond acceptors (Lipinski definition) is 1. The van der Waals surface area contributed by atoms with E-state index >= 15 is 0 Å². The second kappa shape index (κ2) is 3.54. The summed E-state index contributed by atoms with van der Waals surface area (Å²) in [5, 5.41) is 2.74. The Labute approximate surface area is 57.4 Å². The van der Waals surface area contributed by atoms with Crippen LogP contribution in [0.4, 0.5) is 0 Å². The van der Waals surface area contributed by atoms with E-state index in [1.54, 1.807) is 0 Å². The summed E-state index contributed by atoms with van der Waals surface area (Å²) in [5.74, 6) is 0.139. The zero-order valence-electron chi connectivity index (χ0n) is 4.68. The number of rotatable bonds is 1. The Bertz CT molecular complexity index is 105. The molecule has 1 rings (SSSR count). The van der Waals surface area contributed by atoms with Crippen LogP contribution in [0.5, 0.6) is 0 Å². The Kier molecular flexibility index (Phi) is 3.36. The Morgan fingerprint density at radius 2 is 2.44 bits per heavy atom. The van der Waals surface area contributed by atoms with Crippen molar-refractivity contribution < 1.29 is 4.79 Å². The number of nitrogens with one attached hydrogen (secondary N) is 1. The van der Waals surface area contributed by atoms with Crippen molar-refractivity contribution in [1.82, 2.24) is 5.32 Å². The highest BCUT2D eigenvalue weighted by atomic mass is 16.1. The van der Waals surface area contributed by atoms with E-state index in [4.69, 9.17) is 7.85 Å². The summed E-state index contributed by atoms with van der Waals surface area (Å²) in [4.78, 5) is 10.4. The van der Waals surface area contributed by atoms with Crippen molar-refractivity contribution in [1.29, 1.82) is 0 Å². The molecule has 2 radical (unpaired) electrons. The van der Waals surface area contributed by atoms with Gasteiger partial charge in [-0.3, -0.25) is 4.79 Å². The maximum absolute atomic E-state index is 10.4. The average molecular weight is 125 g/mol. The zero-order chi connectivity index (χ0) is 5.98. The lowest BCUT2D eigenvalue weighted by molar-refractivity contribution is -0.119. The molecule has 50 valence electrons. The van der Waals surface area contributed by atoms with Crippen molar-refractivity contribution in [3.05, 3.63) is 0 Å². The van der Waals surface area contributed by atoms with E-state index in [9.17, 15) is 4.79 Å². The number of carbonyl (C=O) groups excluding carboxylic acids is 1. The van der Waals surface area contributed by atoms with Crippen molar-refractivity contribution in [3.63, 3.8) is 0 Å². The van der Waals surface area contributed by atoms with Crippen LogP contribution >= 0.6 is 0 Å². The quantitative estimate of drug-likeness (QED) is 0.507. The number of carbonyl (C=O) groups is 1. The van der Waals surface area contributed by atoms with E-state index in [0.717, 1.165) is 6.42 Å². The lowest BCUT2D eigenvalue weighted by Gasteiger charge is -2.02. The van der Waals surface area contributed by atoms with Crippen molar-refractivity contribution in [3.8, 4) is 0 Å². The first-order valence-corrected chi connectivity index (χ1v) is 2.82. The van der Waals surface area contributed by atoms with Gasteiger partial charge in [0.25, 0.3) is 0 Å². The van der Waals surface area contributed by atoms with Gasteiger partial charge in [-0.05, 0) is 6.42 Å². The molecule has 1 aliphatic heterocycles. The third-order valence-electron chi connectivity index (χ3n) is 1.37. The topological polar surface area (TPSA) is 29.1 Å². The van der Waals surface area contributed by atoms with Gasteiger partial charge in [0.2, 0.25) is 5.91 Å². The van der Waals surface area contributed by atoms with Gasteiger partial charge in [-0.1, -0.05) is 13.7 Å². The molecule has 1 N–H and O–H groups in total. The molecule has 2 nitrogen and oxygen atoms in total. The van der Waals surface area contributed by atoms with Gasteiger partial charge >= 0.3 is 0 Å². The molecular formula is C6H12BNO. The predicted molar refractivity (Wildman–Crippen MR) is 38.5 cm³/mol. The Morgan fingerprint density at radius 3 is 2.67 bits per heavy atom. The molecule has 1 saturated heterocycles. The molecular weight excluding hydrogens is 113 g/mol. The van der Waals surface area contributed by atoms with Crippen LogP contribution in [0.3, 0.4) is 0 Å². The molecule has 0 aromatic heterocycles. The summed E-state index contributed by atoms with van der Waals surface area (Å²) >= 11 is 0. The lowest BCUT2D eigenvalue weighted by atomic mass is 9.97. The zero-order valence-corrected chi connectivity index (χ0v) is 4.68. The Hall–Kier alpha value is -0.465. The molecule has 1 amide bonds. The predicted octanol–water partition coefficient (Wildman–Crippen LogP) is 0.488. The van der Waals surface area contributed by atoms with Crippen LogP contribution in [0.1, 0.15) is 20.3 Å². The summed E-state index contributed by atoms with van der Waals surface area (Å²) in [5.41, 5.74) is 0. The van der Waals surface area contributed by atoms with Gasteiger partial charge < -0.3 is 5.32 Å². The summed E-state index contributed by atoms with van der Waals surface area (Å²) in [7, 11) is 5.28. The fraction of sp³-hybridized carbons (Fsp3) is 0.833. The monoisotopic (exact) mass is 125 g/mol. The first-order valence-electron chi connectivity index (χ1n) is 2.82. The van der Waals surface area contributed by atoms with Crippen LogP contribution in [0, 0.1) is 0 Å². The number of hydrogen-bond donors (Lipinski definition) is 1. The summed E-state index contributed by atoms with van der Waals surface area (Å²) < 4.78 is 0. The SMILES string of the molecule is C.[B]CC1CCC(=O)N1. The third-order valence-corrected chi connectivity index (χ3v) is 1.37. The standard InChI is InChI=1S/C5H8BNO.CH4/c6-3-4-1-2-5(8)7-4;/h4H,1-3H2,(H,7,8);1H4. The summed E-state index contributed by atoms with van der Waals surface area (Å²) in [6.07, 6.45) is 2.14. The van der Waals surface area contributed by atoms with Crippen LogP contribution in [-0.2, 0) is 4.79 Å². The van der Waals surface area contributed by atoms with Crippen molar-refractivity contribution in [2.24, 2.45) is 0 Å². The molecule has 1 atom stereocenters. The smallest absolute Gasteiger partial charge is 0.220 e. The van der Waals surface area contributed by atoms with E-state index in [2.05, 4.69) is 5.32 Å². The van der Waals surface area contributed by atoms with Crippen molar-refractivity contribution >= 4 is 13.8 Å². The molecule has 0 bridgehead atoms. The van der Waals surface area contributed by atoms with Crippen LogP contribution in [0.15, 0.2) is 0 Å². The first-order chi connectivity index (χ1) is 3.83. The van der Waals surface area contributed by atoms with Gasteiger partial charge in [-0.15, -0.1) is 0 Å². The second-order valence-corrected chi connectivity index (χ2v) is 2.04. The summed E-state index contributed by atoms with van der Waals surface area (Å²) in [6, 6.07) is 0.252. The van der Waals surface area contributed by atoms with Gasteiger partial charge in [0.15, 0.2) is 0 Å². The molecule has 0 aromatic carbocycles. The third kappa shape index (κ3) is 2.08. The van der Waals surface area contributed by atoms with Crippen LogP contribution in [-0.4, -0.2) is 19.8 Å². The molecule has 0 spiro atoms. The molecule has 1 unspecified atom stereocenters. The van der Waals surface area contributed by atoms with Crippen molar-refractivity contribution in [2.45, 2.75) is 32.6 Å². The highest BCUT2D eigenvalue weighted by molar-refractivity contribution is 6.09. The van der Waals surface area contributed by atoms with Crippen molar-refractivity contribution in [2.75, 3.05) is 0 Å². The minimum Gasteiger partial charge on any atom is -0.354 e. The molecule has 1 aliphatic rings. The van der Waals surface area contributed by atoms with Crippen LogP contribution < -0.4 is 5.32 Å². The highest BCUT2D eigenvalue weighted by Crippen LogP contribution is 2.07. The molecule has 1 heterocycles. The largest absolute Gasteiger partial charge is 0.354 e. The maximum atomic E-state index is 10.4. The fourth-order valence-corrected chi connectivity index (χ4v) is 0.854. The first kappa shape index (κ1) is 8.53. The van der Waals surface area contributed by atoms with E-state index in [1.807, 2.05) is 0 Å². The van der Waals surface area contributed by atoms with E-state index < -0.39 is 0 Å². The minimum absolute atomic E-state index is 0. The second-order valence-electron chi connectivity index (χ2n) is 2.04. The molecule has 0 aliphatic carbocycles. The molecule has 9 heavy (non-hydrogen) atoms. The lowest BCUT2D eigenvalue weighted by Crippen LogP contribution is -2.24. The van der Waals surface area contributed by atoms with E-state index in [-0.39, 0.29) is 19.4 Å². The molecule has 3 heteroatoms. The van der Waals surface area contributed by atoms with Gasteiger partial charge in [0, 0.05) is 12.5 Å². The van der Waals surface area contributed by atoms with Gasteiger partial charge in [0.1, 0.15) is 0 Å². The molecule has 0 aromatic rings. The van der Waals surface area contributed by atoms with Crippen LogP contribution in [0.25, 0.3) is 0 Å². The highest BCUT2D eigenvalue weighted by Gasteiger charge is 2.17. The van der Waals surface area contributed by atoms with E-state index in [0.29, 0.717) is 12.7 Å². The summed E-state index contributed by atoms with van der Waals surface area (Å²) in [6.45, 7) is 0. The Morgan fingerprint density at radius 1 is 1.78 bits per heavy atom. The number of amides is 1. The van der Waals surface area contributed by atoms with Crippen LogP contribution in [0.2, 0.25) is 6.32 Å². The van der Waals surface area contributed by atoms with Gasteiger partial charge in [-0.2, -0.15) is 0 Å². The normalized spacial score (nSPS) is 24.9. The molecule has 1 fully saturated rings. The van der Waals surface area contributed by atoms with E-state index in [1.165, 1.54) is 0 Å². The fourth-order valence-electron chi connectivity index (χ4n) is 0.854. The average Bonchev–Trinajstić information content (AvgIpc) is 2.14. The Balaban J connectivity index is 0.000000640. The van der Waals surface area contributed by atoms with Gasteiger partial charge in [-0.25, -0.2) is 0 Å². The van der Waals surface area contributed by atoms with Gasteiger partial charge in [0.05, 0.1) is 7.85 Å².